The molecule has 1 unspecified atom stereocenters. The number of aromatic nitrogens is 1. The number of halogens is 3. The van der Waals surface area contributed by atoms with E-state index in [1.807, 2.05) is 6.92 Å². The Balaban J connectivity index is 2.32. The molecule has 0 bridgehead atoms. The molecule has 0 fully saturated rings. The van der Waals surface area contributed by atoms with Gasteiger partial charge >= 0.3 is 12.2 Å². The molecule has 2 amide bonds. The average Bonchev–Trinajstić information content (AvgIpc) is 2.49. The van der Waals surface area contributed by atoms with Crippen LogP contribution >= 0.6 is 0 Å². The van der Waals surface area contributed by atoms with Gasteiger partial charge in [0.15, 0.2) is 6.61 Å². The summed E-state index contributed by atoms with van der Waals surface area (Å²) in [5, 5.41) is 5.52. The molecule has 1 atom stereocenters. The van der Waals surface area contributed by atoms with Crippen molar-refractivity contribution >= 4 is 6.03 Å². The number of carbonyl (C=O) groups is 1. The summed E-state index contributed by atoms with van der Waals surface area (Å²) in [6.07, 6.45) is -1.09. The SMILES string of the molecule is CC(C)CCC(C)NC(=O)NCc1ccc(OCC(F)(F)F)nc1. The molecule has 1 aromatic heterocycles. The van der Waals surface area contributed by atoms with Crippen LogP contribution < -0.4 is 15.4 Å². The van der Waals surface area contributed by atoms with Crippen molar-refractivity contribution in [1.29, 1.82) is 0 Å². The van der Waals surface area contributed by atoms with Crippen LogP contribution in [0.25, 0.3) is 0 Å². The minimum Gasteiger partial charge on any atom is -0.468 e. The maximum atomic E-state index is 12.0. The zero-order chi connectivity index (χ0) is 18.2. The average molecular weight is 347 g/mol. The number of amides is 2. The lowest BCUT2D eigenvalue weighted by atomic mass is 10.0. The molecule has 24 heavy (non-hydrogen) atoms. The topological polar surface area (TPSA) is 63.2 Å². The predicted octanol–water partition coefficient (Wildman–Crippen LogP) is 3.65. The third-order valence-electron chi connectivity index (χ3n) is 3.19. The zero-order valence-corrected chi connectivity index (χ0v) is 14.1. The molecule has 0 aromatic carbocycles. The minimum atomic E-state index is -4.40. The summed E-state index contributed by atoms with van der Waals surface area (Å²) in [5.74, 6) is 0.476. The maximum absolute atomic E-state index is 12.0. The molecule has 0 spiro atoms. The molecular formula is C16H24F3N3O2. The van der Waals surface area contributed by atoms with E-state index in [9.17, 15) is 18.0 Å². The Morgan fingerprint density at radius 1 is 1.25 bits per heavy atom. The van der Waals surface area contributed by atoms with Crippen LogP contribution in [0.15, 0.2) is 18.3 Å². The van der Waals surface area contributed by atoms with E-state index < -0.39 is 12.8 Å². The van der Waals surface area contributed by atoms with Gasteiger partial charge < -0.3 is 15.4 Å². The number of ether oxygens (including phenoxy) is 1. The van der Waals surface area contributed by atoms with Gasteiger partial charge in [0.25, 0.3) is 0 Å². The van der Waals surface area contributed by atoms with Crippen molar-refractivity contribution in [2.24, 2.45) is 5.92 Å². The van der Waals surface area contributed by atoms with Crippen LogP contribution in [-0.4, -0.2) is 29.8 Å². The highest BCUT2D eigenvalue weighted by Crippen LogP contribution is 2.17. The van der Waals surface area contributed by atoms with E-state index in [-0.39, 0.29) is 24.5 Å². The molecule has 0 aliphatic rings. The first-order chi connectivity index (χ1) is 11.2. The third-order valence-corrected chi connectivity index (χ3v) is 3.19. The van der Waals surface area contributed by atoms with Gasteiger partial charge in [-0.05, 0) is 31.2 Å². The number of alkyl halides is 3. The van der Waals surface area contributed by atoms with Crippen molar-refractivity contribution in [3.63, 3.8) is 0 Å². The lowest BCUT2D eigenvalue weighted by Crippen LogP contribution is -2.40. The van der Waals surface area contributed by atoms with E-state index >= 15 is 0 Å². The molecule has 1 heterocycles. The van der Waals surface area contributed by atoms with E-state index in [0.717, 1.165) is 12.8 Å². The molecule has 8 heteroatoms. The summed E-state index contributed by atoms with van der Waals surface area (Å²) in [6.45, 7) is 5.05. The molecule has 0 aliphatic carbocycles. The molecule has 2 N–H and O–H groups in total. The molecule has 1 rings (SSSR count). The Bertz CT molecular complexity index is 504. The Hall–Kier alpha value is -1.99. The van der Waals surface area contributed by atoms with Gasteiger partial charge in [-0.1, -0.05) is 19.9 Å². The second-order valence-corrected chi connectivity index (χ2v) is 6.11. The second-order valence-electron chi connectivity index (χ2n) is 6.11. The van der Waals surface area contributed by atoms with E-state index in [2.05, 4.69) is 34.2 Å². The summed E-state index contributed by atoms with van der Waals surface area (Å²) >= 11 is 0. The van der Waals surface area contributed by atoms with Crippen LogP contribution in [0.5, 0.6) is 5.88 Å². The number of hydrogen-bond acceptors (Lipinski definition) is 3. The lowest BCUT2D eigenvalue weighted by molar-refractivity contribution is -0.154. The molecule has 0 saturated heterocycles. The largest absolute Gasteiger partial charge is 0.468 e. The summed E-state index contributed by atoms with van der Waals surface area (Å²) in [5.41, 5.74) is 0.666. The van der Waals surface area contributed by atoms with Gasteiger partial charge in [0.05, 0.1) is 0 Å². The Morgan fingerprint density at radius 3 is 2.50 bits per heavy atom. The summed E-state index contributed by atoms with van der Waals surface area (Å²) in [6, 6.07) is 2.68. The van der Waals surface area contributed by atoms with Crippen molar-refractivity contribution in [3.05, 3.63) is 23.9 Å². The van der Waals surface area contributed by atoms with E-state index in [1.54, 1.807) is 6.07 Å². The van der Waals surface area contributed by atoms with Crippen LogP contribution in [0.1, 0.15) is 39.2 Å². The first-order valence-corrected chi connectivity index (χ1v) is 7.84. The van der Waals surface area contributed by atoms with Gasteiger partial charge in [-0.25, -0.2) is 9.78 Å². The van der Waals surface area contributed by atoms with Crippen LogP contribution in [0.4, 0.5) is 18.0 Å². The van der Waals surface area contributed by atoms with Crippen LogP contribution in [-0.2, 0) is 6.54 Å². The fraction of sp³-hybridized carbons (Fsp3) is 0.625. The number of rotatable bonds is 8. The highest BCUT2D eigenvalue weighted by molar-refractivity contribution is 5.74. The maximum Gasteiger partial charge on any atom is 0.422 e. The standard InChI is InChI=1S/C16H24F3N3O2/c1-11(2)4-5-12(3)22-15(23)21-9-13-6-7-14(20-8-13)24-10-16(17,18)19/h6-8,11-12H,4-5,9-10H2,1-3H3,(H2,21,22,23). The number of nitrogens with zero attached hydrogens (tertiary/aromatic N) is 1. The molecule has 0 radical (unpaired) electrons. The Morgan fingerprint density at radius 2 is 1.96 bits per heavy atom. The number of hydrogen-bond donors (Lipinski definition) is 2. The molecule has 1 aromatic rings. The smallest absolute Gasteiger partial charge is 0.422 e. The summed E-state index contributed by atoms with van der Waals surface area (Å²) in [7, 11) is 0. The first kappa shape index (κ1) is 20.1. The number of urea groups is 1. The number of pyridine rings is 1. The zero-order valence-electron chi connectivity index (χ0n) is 14.1. The van der Waals surface area contributed by atoms with Crippen molar-refractivity contribution in [3.8, 4) is 5.88 Å². The lowest BCUT2D eigenvalue weighted by Gasteiger charge is -2.15. The van der Waals surface area contributed by atoms with Gasteiger partial charge in [0, 0.05) is 24.8 Å². The fourth-order valence-corrected chi connectivity index (χ4v) is 1.87. The number of nitrogens with one attached hydrogen (secondary N) is 2. The van der Waals surface area contributed by atoms with Crippen molar-refractivity contribution in [2.45, 2.75) is 52.4 Å². The normalized spacial score (nSPS) is 12.8. The number of carbonyl (C=O) groups excluding carboxylic acids is 1. The molecule has 5 nitrogen and oxygen atoms in total. The monoisotopic (exact) mass is 347 g/mol. The van der Waals surface area contributed by atoms with Gasteiger partial charge in [-0.3, -0.25) is 0 Å². The minimum absolute atomic E-state index is 0.0728. The highest BCUT2D eigenvalue weighted by Gasteiger charge is 2.28. The molecule has 136 valence electrons. The van der Waals surface area contributed by atoms with Crippen molar-refractivity contribution in [2.75, 3.05) is 6.61 Å². The van der Waals surface area contributed by atoms with Gasteiger partial charge in [-0.15, -0.1) is 0 Å². The fourth-order valence-electron chi connectivity index (χ4n) is 1.87. The van der Waals surface area contributed by atoms with E-state index in [4.69, 9.17) is 0 Å². The van der Waals surface area contributed by atoms with Crippen molar-refractivity contribution < 1.29 is 22.7 Å². The van der Waals surface area contributed by atoms with Gasteiger partial charge in [-0.2, -0.15) is 13.2 Å². The predicted molar refractivity (Wildman–Crippen MR) is 84.7 cm³/mol. The Kier molecular flexibility index (Phi) is 7.81. The molecular weight excluding hydrogens is 323 g/mol. The summed E-state index contributed by atoms with van der Waals surface area (Å²) in [4.78, 5) is 15.5. The van der Waals surface area contributed by atoms with E-state index in [1.165, 1.54) is 12.3 Å². The summed E-state index contributed by atoms with van der Waals surface area (Å²) < 4.78 is 40.6. The highest BCUT2D eigenvalue weighted by atomic mass is 19.4. The second kappa shape index (κ2) is 9.34. The Labute approximate surface area is 140 Å². The van der Waals surface area contributed by atoms with Crippen LogP contribution in [0.2, 0.25) is 0 Å². The molecule has 0 aliphatic heterocycles. The van der Waals surface area contributed by atoms with Crippen molar-refractivity contribution in [1.82, 2.24) is 15.6 Å². The quantitative estimate of drug-likeness (QED) is 0.754. The van der Waals surface area contributed by atoms with Gasteiger partial charge in [0.1, 0.15) is 0 Å². The van der Waals surface area contributed by atoms with E-state index in [0.29, 0.717) is 11.5 Å². The van der Waals surface area contributed by atoms with Crippen LogP contribution in [0, 0.1) is 5.92 Å². The van der Waals surface area contributed by atoms with Gasteiger partial charge in [0.2, 0.25) is 5.88 Å². The molecule has 0 saturated carbocycles. The first-order valence-electron chi connectivity index (χ1n) is 7.84. The van der Waals surface area contributed by atoms with Crippen LogP contribution in [0.3, 0.4) is 0 Å². The third kappa shape index (κ3) is 9.22.